The van der Waals surface area contributed by atoms with Crippen LogP contribution in [-0.2, 0) is 19.5 Å². The van der Waals surface area contributed by atoms with Crippen LogP contribution < -0.4 is 10.1 Å². The lowest BCUT2D eigenvalue weighted by Gasteiger charge is -2.25. The molecule has 0 aromatic carbocycles. The number of hydrogen-bond acceptors (Lipinski definition) is 6. The fourth-order valence-electron chi connectivity index (χ4n) is 4.21. The predicted molar refractivity (Wildman–Crippen MR) is 99.4 cm³/mol. The van der Waals surface area contributed by atoms with Gasteiger partial charge in [-0.2, -0.15) is 0 Å². The van der Waals surface area contributed by atoms with E-state index in [4.69, 9.17) is 4.74 Å². The number of likely N-dealkylation sites (tertiary alicyclic amines) is 1. The molecule has 27 heavy (non-hydrogen) atoms. The monoisotopic (exact) mass is 370 g/mol. The van der Waals surface area contributed by atoms with E-state index in [1.807, 2.05) is 24.5 Å². The number of nitrogens with zero attached hydrogens (tertiary/aromatic N) is 5. The van der Waals surface area contributed by atoms with Gasteiger partial charge >= 0.3 is 0 Å². The number of rotatable bonds is 5. The van der Waals surface area contributed by atoms with Crippen LogP contribution in [0.4, 0.5) is 0 Å². The Kier molecular flexibility index (Phi) is 4.82. The maximum absolute atomic E-state index is 12.4. The van der Waals surface area contributed by atoms with E-state index in [1.165, 1.54) is 0 Å². The second-order valence-corrected chi connectivity index (χ2v) is 7.77. The van der Waals surface area contributed by atoms with Crippen LogP contribution in [-0.4, -0.2) is 56.8 Å². The van der Waals surface area contributed by atoms with Crippen molar-refractivity contribution in [3.8, 4) is 5.88 Å². The zero-order valence-electron chi connectivity index (χ0n) is 16.1. The van der Waals surface area contributed by atoms with Crippen molar-refractivity contribution >= 4 is 5.91 Å². The molecule has 1 amide bonds. The summed E-state index contributed by atoms with van der Waals surface area (Å²) in [5, 5.41) is 11.4. The standard InChI is InChI=1S/C19H26N6O2/c1-12(2)21-18(26)17-23-22-16-7-14-9-24(10-15(14)11-25(16)17)8-13-5-4-6-20-19(13)27-3/h4-6,12,14-15H,7-11H2,1-3H3,(H,21,26)/t14-,15+/m0/s1. The molecule has 0 radical (unpaired) electrons. The fourth-order valence-corrected chi connectivity index (χ4v) is 4.21. The van der Waals surface area contributed by atoms with Crippen molar-refractivity contribution < 1.29 is 9.53 Å². The van der Waals surface area contributed by atoms with Crippen LogP contribution in [0, 0.1) is 11.8 Å². The molecule has 4 rings (SSSR count). The number of carbonyl (C=O) groups is 1. The van der Waals surface area contributed by atoms with E-state index in [-0.39, 0.29) is 11.9 Å². The topological polar surface area (TPSA) is 85.2 Å². The van der Waals surface area contributed by atoms with Gasteiger partial charge in [0.25, 0.3) is 5.91 Å². The second-order valence-electron chi connectivity index (χ2n) is 7.77. The van der Waals surface area contributed by atoms with Crippen LogP contribution in [0.25, 0.3) is 0 Å². The molecule has 144 valence electrons. The highest BCUT2D eigenvalue weighted by molar-refractivity contribution is 5.90. The molecule has 0 saturated carbocycles. The minimum absolute atomic E-state index is 0.0817. The Morgan fingerprint density at radius 3 is 2.89 bits per heavy atom. The summed E-state index contributed by atoms with van der Waals surface area (Å²) in [5.41, 5.74) is 1.11. The first-order chi connectivity index (χ1) is 13.0. The van der Waals surface area contributed by atoms with Gasteiger partial charge < -0.3 is 14.6 Å². The van der Waals surface area contributed by atoms with Gasteiger partial charge in [-0.1, -0.05) is 6.07 Å². The number of methoxy groups -OCH3 is 1. The highest BCUT2D eigenvalue weighted by atomic mass is 16.5. The quantitative estimate of drug-likeness (QED) is 0.849. The van der Waals surface area contributed by atoms with Crippen LogP contribution in [0.5, 0.6) is 5.88 Å². The van der Waals surface area contributed by atoms with Gasteiger partial charge in [0, 0.05) is 50.4 Å². The molecule has 2 aliphatic rings. The van der Waals surface area contributed by atoms with Crippen LogP contribution in [0.2, 0.25) is 0 Å². The van der Waals surface area contributed by atoms with Crippen LogP contribution in [0.1, 0.15) is 35.9 Å². The van der Waals surface area contributed by atoms with Crippen LogP contribution in [0.3, 0.4) is 0 Å². The minimum atomic E-state index is -0.142. The van der Waals surface area contributed by atoms with Gasteiger partial charge in [0.05, 0.1) is 7.11 Å². The third-order valence-corrected chi connectivity index (χ3v) is 5.40. The van der Waals surface area contributed by atoms with Gasteiger partial charge in [-0.15, -0.1) is 10.2 Å². The lowest BCUT2D eigenvalue weighted by molar-refractivity contribution is 0.0924. The lowest BCUT2D eigenvalue weighted by Crippen LogP contribution is -2.35. The maximum atomic E-state index is 12.4. The second kappa shape index (κ2) is 7.26. The van der Waals surface area contributed by atoms with E-state index in [1.54, 1.807) is 13.3 Å². The highest BCUT2D eigenvalue weighted by Gasteiger charge is 2.39. The maximum Gasteiger partial charge on any atom is 0.289 e. The summed E-state index contributed by atoms with van der Waals surface area (Å²) >= 11 is 0. The Bertz CT molecular complexity index is 833. The smallest absolute Gasteiger partial charge is 0.289 e. The van der Waals surface area contributed by atoms with Crippen molar-refractivity contribution in [2.45, 2.75) is 39.4 Å². The summed E-state index contributed by atoms with van der Waals surface area (Å²) in [5.74, 6) is 2.96. The Morgan fingerprint density at radius 1 is 1.30 bits per heavy atom. The average Bonchev–Trinajstić information content (AvgIpc) is 3.22. The third kappa shape index (κ3) is 3.53. The van der Waals surface area contributed by atoms with Crippen LogP contribution in [0.15, 0.2) is 18.3 Å². The molecule has 0 unspecified atom stereocenters. The third-order valence-electron chi connectivity index (χ3n) is 5.40. The molecule has 2 atom stereocenters. The fraction of sp³-hybridized carbons (Fsp3) is 0.579. The number of fused-ring (bicyclic) bond motifs is 2. The van der Waals surface area contributed by atoms with Gasteiger partial charge in [0.15, 0.2) is 0 Å². The number of nitrogens with one attached hydrogen (secondary N) is 1. The van der Waals surface area contributed by atoms with E-state index < -0.39 is 0 Å². The number of aromatic nitrogens is 4. The van der Waals surface area contributed by atoms with Gasteiger partial charge in [0.2, 0.25) is 11.7 Å². The Hall–Kier alpha value is -2.48. The zero-order chi connectivity index (χ0) is 19.0. The molecule has 2 aliphatic heterocycles. The Labute approximate surface area is 158 Å². The first kappa shape index (κ1) is 17.9. The molecule has 1 fully saturated rings. The first-order valence-corrected chi connectivity index (χ1v) is 9.48. The van der Waals surface area contributed by atoms with Crippen molar-refractivity contribution in [2.24, 2.45) is 11.8 Å². The average molecular weight is 370 g/mol. The Morgan fingerprint density at radius 2 is 2.11 bits per heavy atom. The molecule has 1 N–H and O–H groups in total. The molecule has 8 nitrogen and oxygen atoms in total. The van der Waals surface area contributed by atoms with Gasteiger partial charge in [-0.05, 0) is 31.7 Å². The molecular formula is C19H26N6O2. The Balaban J connectivity index is 1.46. The molecule has 1 saturated heterocycles. The van der Waals surface area contributed by atoms with Crippen molar-refractivity contribution in [1.82, 2.24) is 30.0 Å². The molecule has 2 aromatic rings. The summed E-state index contributed by atoms with van der Waals surface area (Å²) < 4.78 is 7.39. The van der Waals surface area contributed by atoms with Gasteiger partial charge in [0.1, 0.15) is 5.82 Å². The SMILES string of the molecule is COc1ncccc1CN1C[C@@H]2Cn3c(nnc3C(=O)NC(C)C)C[C@H]2C1. The normalized spacial score (nSPS) is 21.8. The predicted octanol–water partition coefficient (Wildman–Crippen LogP) is 1.12. The van der Waals surface area contributed by atoms with E-state index in [0.717, 1.165) is 44.0 Å². The van der Waals surface area contributed by atoms with E-state index >= 15 is 0 Å². The van der Waals surface area contributed by atoms with E-state index in [9.17, 15) is 4.79 Å². The summed E-state index contributed by atoms with van der Waals surface area (Å²) in [4.78, 5) is 19.1. The molecule has 8 heteroatoms. The molecule has 2 aromatic heterocycles. The number of hydrogen-bond donors (Lipinski definition) is 1. The summed E-state index contributed by atoms with van der Waals surface area (Å²) in [7, 11) is 1.66. The first-order valence-electron chi connectivity index (χ1n) is 9.48. The van der Waals surface area contributed by atoms with Crippen molar-refractivity contribution in [2.75, 3.05) is 20.2 Å². The van der Waals surface area contributed by atoms with Crippen molar-refractivity contribution in [3.63, 3.8) is 0 Å². The van der Waals surface area contributed by atoms with Crippen molar-refractivity contribution in [1.29, 1.82) is 0 Å². The molecule has 0 spiro atoms. The summed E-state index contributed by atoms with van der Waals surface area (Å²) in [6, 6.07) is 4.09. The number of ether oxygens (including phenoxy) is 1. The van der Waals surface area contributed by atoms with E-state index in [0.29, 0.717) is 23.5 Å². The number of pyridine rings is 1. The number of carbonyl (C=O) groups excluding carboxylic acids is 1. The van der Waals surface area contributed by atoms with Gasteiger partial charge in [-0.25, -0.2) is 4.98 Å². The highest BCUT2D eigenvalue weighted by Crippen LogP contribution is 2.33. The minimum Gasteiger partial charge on any atom is -0.481 e. The molecular weight excluding hydrogens is 344 g/mol. The molecule has 4 heterocycles. The van der Waals surface area contributed by atoms with E-state index in [2.05, 4.69) is 31.5 Å². The molecule has 0 bridgehead atoms. The summed E-state index contributed by atoms with van der Waals surface area (Å²) in [6.45, 7) is 7.53. The van der Waals surface area contributed by atoms with Crippen LogP contribution >= 0.6 is 0 Å². The molecule has 0 aliphatic carbocycles. The zero-order valence-corrected chi connectivity index (χ0v) is 16.1. The largest absolute Gasteiger partial charge is 0.481 e. The summed E-state index contributed by atoms with van der Waals surface area (Å²) in [6.07, 6.45) is 2.62. The van der Waals surface area contributed by atoms with Gasteiger partial charge in [-0.3, -0.25) is 9.69 Å². The van der Waals surface area contributed by atoms with Crippen molar-refractivity contribution in [3.05, 3.63) is 35.5 Å². The number of amides is 1. The lowest BCUT2D eigenvalue weighted by atomic mass is 9.89.